The lowest BCUT2D eigenvalue weighted by Gasteiger charge is -2.27. The first-order valence-corrected chi connectivity index (χ1v) is 9.17. The third-order valence-corrected chi connectivity index (χ3v) is 5.95. The van der Waals surface area contributed by atoms with E-state index in [1.807, 2.05) is 0 Å². The predicted octanol–water partition coefficient (Wildman–Crippen LogP) is 1.03. The van der Waals surface area contributed by atoms with Crippen LogP contribution in [0.4, 0.5) is 0 Å². The van der Waals surface area contributed by atoms with E-state index < -0.39 is 9.84 Å². The molecule has 2 atom stereocenters. The number of rotatable bonds is 5. The standard InChI is InChI=1S/C13H26N2O2S/c1-18(16,17)13-7-5-6-12(13)14-8-11-15-9-3-2-4-10-15/h12-14H,2-11H2,1H3. The molecule has 2 unspecified atom stereocenters. The minimum atomic E-state index is -2.88. The van der Waals surface area contributed by atoms with E-state index in [-0.39, 0.29) is 11.3 Å². The molecule has 1 N–H and O–H groups in total. The monoisotopic (exact) mass is 274 g/mol. The fourth-order valence-corrected chi connectivity index (χ4v) is 4.69. The molecule has 1 aliphatic carbocycles. The number of likely N-dealkylation sites (tertiary alicyclic amines) is 1. The highest BCUT2D eigenvalue weighted by Crippen LogP contribution is 2.24. The third-order valence-electron chi connectivity index (χ3n) is 4.29. The summed E-state index contributed by atoms with van der Waals surface area (Å²) in [5.41, 5.74) is 0. The SMILES string of the molecule is CS(=O)(=O)C1CCCC1NCCN1CCCCC1. The van der Waals surface area contributed by atoms with E-state index in [4.69, 9.17) is 0 Å². The van der Waals surface area contributed by atoms with Crippen molar-refractivity contribution in [1.29, 1.82) is 0 Å². The Labute approximate surface area is 111 Å². The Bertz CT molecular complexity index is 350. The summed E-state index contributed by atoms with van der Waals surface area (Å²) >= 11 is 0. The van der Waals surface area contributed by atoms with E-state index in [1.165, 1.54) is 38.6 Å². The molecule has 4 nitrogen and oxygen atoms in total. The number of piperidine rings is 1. The number of sulfone groups is 1. The molecular formula is C13H26N2O2S. The van der Waals surface area contributed by atoms with Crippen LogP contribution >= 0.6 is 0 Å². The maximum atomic E-state index is 11.7. The molecule has 0 radical (unpaired) electrons. The van der Waals surface area contributed by atoms with E-state index in [1.54, 1.807) is 0 Å². The lowest BCUT2D eigenvalue weighted by molar-refractivity contribution is 0.226. The van der Waals surface area contributed by atoms with Crippen molar-refractivity contribution in [1.82, 2.24) is 10.2 Å². The van der Waals surface area contributed by atoms with Crippen molar-refractivity contribution in [3.63, 3.8) is 0 Å². The fraction of sp³-hybridized carbons (Fsp3) is 1.00. The highest BCUT2D eigenvalue weighted by Gasteiger charge is 2.34. The molecule has 0 amide bonds. The maximum absolute atomic E-state index is 11.7. The second kappa shape index (κ2) is 6.35. The molecule has 1 aliphatic heterocycles. The van der Waals surface area contributed by atoms with Crippen LogP contribution in [0.3, 0.4) is 0 Å². The van der Waals surface area contributed by atoms with Crippen LogP contribution in [0.25, 0.3) is 0 Å². The van der Waals surface area contributed by atoms with Gasteiger partial charge in [-0.3, -0.25) is 0 Å². The predicted molar refractivity (Wildman–Crippen MR) is 74.6 cm³/mol. The summed E-state index contributed by atoms with van der Waals surface area (Å²) in [4.78, 5) is 2.49. The second-order valence-electron chi connectivity index (χ2n) is 5.76. The zero-order valence-corrected chi connectivity index (χ0v) is 12.2. The Kier molecular flexibility index (Phi) is 5.04. The number of hydrogen-bond acceptors (Lipinski definition) is 4. The first-order chi connectivity index (χ1) is 8.57. The molecule has 0 spiro atoms. The van der Waals surface area contributed by atoms with Crippen LogP contribution in [0, 0.1) is 0 Å². The average molecular weight is 274 g/mol. The lowest BCUT2D eigenvalue weighted by atomic mass is 10.1. The smallest absolute Gasteiger partial charge is 0.151 e. The highest BCUT2D eigenvalue weighted by atomic mass is 32.2. The Morgan fingerprint density at radius 2 is 1.83 bits per heavy atom. The normalized spacial score (nSPS) is 30.7. The fourth-order valence-electron chi connectivity index (χ4n) is 3.26. The number of nitrogens with one attached hydrogen (secondary N) is 1. The summed E-state index contributed by atoms with van der Waals surface area (Å²) in [6.07, 6.45) is 8.26. The zero-order chi connectivity index (χ0) is 13.0. The molecule has 2 aliphatic rings. The van der Waals surface area contributed by atoms with E-state index in [0.29, 0.717) is 0 Å². The van der Waals surface area contributed by atoms with Crippen LogP contribution < -0.4 is 5.32 Å². The van der Waals surface area contributed by atoms with Crippen LogP contribution in [0.2, 0.25) is 0 Å². The van der Waals surface area contributed by atoms with Crippen LogP contribution in [-0.2, 0) is 9.84 Å². The summed E-state index contributed by atoms with van der Waals surface area (Å²) in [5, 5.41) is 3.31. The number of hydrogen-bond donors (Lipinski definition) is 1. The Hall–Kier alpha value is -0.130. The van der Waals surface area contributed by atoms with Crippen molar-refractivity contribution >= 4 is 9.84 Å². The van der Waals surface area contributed by atoms with E-state index in [0.717, 1.165) is 32.4 Å². The Morgan fingerprint density at radius 3 is 2.50 bits per heavy atom. The van der Waals surface area contributed by atoms with Gasteiger partial charge in [0.15, 0.2) is 9.84 Å². The molecule has 0 aromatic rings. The average Bonchev–Trinajstić information content (AvgIpc) is 2.78. The van der Waals surface area contributed by atoms with Crippen LogP contribution in [0.15, 0.2) is 0 Å². The molecule has 2 fully saturated rings. The maximum Gasteiger partial charge on any atom is 0.151 e. The van der Waals surface area contributed by atoms with Gasteiger partial charge in [0.1, 0.15) is 0 Å². The molecule has 2 rings (SSSR count). The van der Waals surface area contributed by atoms with Crippen molar-refractivity contribution in [3.8, 4) is 0 Å². The van der Waals surface area contributed by atoms with E-state index in [9.17, 15) is 8.42 Å². The minimum absolute atomic E-state index is 0.154. The Morgan fingerprint density at radius 1 is 1.11 bits per heavy atom. The van der Waals surface area contributed by atoms with Gasteiger partial charge in [0, 0.05) is 25.4 Å². The first-order valence-electron chi connectivity index (χ1n) is 7.22. The summed E-state index contributed by atoms with van der Waals surface area (Å²) < 4.78 is 23.3. The van der Waals surface area contributed by atoms with Crippen molar-refractivity contribution < 1.29 is 8.42 Å². The van der Waals surface area contributed by atoms with Gasteiger partial charge in [-0.15, -0.1) is 0 Å². The van der Waals surface area contributed by atoms with Crippen LogP contribution in [0.1, 0.15) is 38.5 Å². The molecule has 1 heterocycles. The third kappa shape index (κ3) is 3.93. The molecule has 0 aromatic carbocycles. The zero-order valence-electron chi connectivity index (χ0n) is 11.4. The van der Waals surface area contributed by atoms with Crippen molar-refractivity contribution in [2.75, 3.05) is 32.4 Å². The van der Waals surface area contributed by atoms with Gasteiger partial charge < -0.3 is 10.2 Å². The van der Waals surface area contributed by atoms with E-state index in [2.05, 4.69) is 10.2 Å². The van der Waals surface area contributed by atoms with Crippen LogP contribution in [0.5, 0.6) is 0 Å². The molecule has 106 valence electrons. The van der Waals surface area contributed by atoms with Gasteiger partial charge >= 0.3 is 0 Å². The van der Waals surface area contributed by atoms with Gasteiger partial charge in [-0.05, 0) is 38.8 Å². The van der Waals surface area contributed by atoms with Crippen molar-refractivity contribution in [3.05, 3.63) is 0 Å². The van der Waals surface area contributed by atoms with Gasteiger partial charge in [0.2, 0.25) is 0 Å². The molecule has 0 aromatic heterocycles. The van der Waals surface area contributed by atoms with Gasteiger partial charge in [-0.25, -0.2) is 8.42 Å². The summed E-state index contributed by atoms with van der Waals surface area (Å²) in [7, 11) is -2.88. The summed E-state index contributed by atoms with van der Waals surface area (Å²) in [5.74, 6) is 0. The second-order valence-corrected chi connectivity index (χ2v) is 8.03. The molecule has 18 heavy (non-hydrogen) atoms. The molecular weight excluding hydrogens is 248 g/mol. The van der Waals surface area contributed by atoms with Gasteiger partial charge in [-0.1, -0.05) is 12.8 Å². The Balaban J connectivity index is 1.72. The number of nitrogens with zero attached hydrogens (tertiary/aromatic N) is 1. The van der Waals surface area contributed by atoms with Crippen molar-refractivity contribution in [2.24, 2.45) is 0 Å². The topological polar surface area (TPSA) is 49.4 Å². The quantitative estimate of drug-likeness (QED) is 0.813. The molecule has 5 heteroatoms. The lowest BCUT2D eigenvalue weighted by Crippen LogP contribution is -2.44. The van der Waals surface area contributed by atoms with Gasteiger partial charge in [0.05, 0.1) is 5.25 Å². The summed E-state index contributed by atoms with van der Waals surface area (Å²) in [6, 6.07) is 0.185. The van der Waals surface area contributed by atoms with Gasteiger partial charge in [0.25, 0.3) is 0 Å². The van der Waals surface area contributed by atoms with E-state index >= 15 is 0 Å². The van der Waals surface area contributed by atoms with Crippen molar-refractivity contribution in [2.45, 2.75) is 49.8 Å². The molecule has 0 bridgehead atoms. The molecule has 1 saturated carbocycles. The first kappa shape index (κ1) is 14.3. The highest BCUT2D eigenvalue weighted by molar-refractivity contribution is 7.91. The van der Waals surface area contributed by atoms with Crippen LogP contribution in [-0.4, -0.2) is 57.0 Å². The largest absolute Gasteiger partial charge is 0.311 e. The van der Waals surface area contributed by atoms with Gasteiger partial charge in [-0.2, -0.15) is 0 Å². The molecule has 1 saturated heterocycles. The summed E-state index contributed by atoms with van der Waals surface area (Å²) in [6.45, 7) is 4.41. The minimum Gasteiger partial charge on any atom is -0.311 e.